The summed E-state index contributed by atoms with van der Waals surface area (Å²) in [6.07, 6.45) is 0.0423. The number of amides is 2. The molecule has 0 radical (unpaired) electrons. The Morgan fingerprint density at radius 2 is 2.00 bits per heavy atom. The van der Waals surface area contributed by atoms with E-state index < -0.39 is 5.25 Å². The number of carbonyl (C=O) groups is 2. The Kier molecular flexibility index (Phi) is 8.67. The number of nitrogens with one attached hydrogen (secondary N) is 1. The lowest BCUT2D eigenvalue weighted by Gasteiger charge is -2.28. The van der Waals surface area contributed by atoms with Crippen LogP contribution in [0, 0.1) is 6.92 Å². The summed E-state index contributed by atoms with van der Waals surface area (Å²) in [5.74, 6) is 0.341. The van der Waals surface area contributed by atoms with Crippen LogP contribution in [0.5, 0.6) is 5.75 Å². The van der Waals surface area contributed by atoms with Crippen molar-refractivity contribution < 1.29 is 19.1 Å². The Labute approximate surface area is 214 Å². The molecule has 0 unspecified atom stereocenters. The number of ether oxygens (including phenoxy) is 2. The zero-order valence-corrected chi connectivity index (χ0v) is 21.4. The molecule has 186 valence electrons. The molecular formula is C25H29ClN4O4S. The molecule has 2 aromatic carbocycles. The van der Waals surface area contributed by atoms with Gasteiger partial charge in [-0.05, 0) is 36.8 Å². The first-order valence-electron chi connectivity index (χ1n) is 11.5. The van der Waals surface area contributed by atoms with Gasteiger partial charge in [-0.2, -0.15) is 0 Å². The van der Waals surface area contributed by atoms with Crippen molar-refractivity contribution in [3.05, 3.63) is 53.1 Å². The van der Waals surface area contributed by atoms with Gasteiger partial charge in [0.15, 0.2) is 5.17 Å². The molecule has 2 aromatic rings. The van der Waals surface area contributed by atoms with Gasteiger partial charge in [0.2, 0.25) is 11.8 Å². The van der Waals surface area contributed by atoms with Crippen molar-refractivity contribution in [1.82, 2.24) is 9.80 Å². The van der Waals surface area contributed by atoms with Crippen LogP contribution in [0.2, 0.25) is 5.02 Å². The molecule has 1 N–H and O–H groups in total. The van der Waals surface area contributed by atoms with Crippen LogP contribution in [-0.4, -0.2) is 78.5 Å². The first-order chi connectivity index (χ1) is 16.9. The Morgan fingerprint density at radius 1 is 1.23 bits per heavy atom. The topological polar surface area (TPSA) is 83.5 Å². The monoisotopic (exact) mass is 516 g/mol. The van der Waals surface area contributed by atoms with Crippen LogP contribution in [0.25, 0.3) is 0 Å². The second-order valence-corrected chi connectivity index (χ2v) is 9.89. The lowest BCUT2D eigenvalue weighted by Crippen LogP contribution is -2.43. The standard InChI is InChI=1S/C25H29ClN4O4S/c1-17-20(26)7-4-8-21(17)28-23(31)16-22-24(32)30(10-9-29-11-13-34-14-12-29)25(35-22)27-18-5-3-6-19(15-18)33-2/h3-8,15,22H,9-14,16H2,1-2H3,(H,28,31)/t22-/m1/s1. The van der Waals surface area contributed by atoms with Gasteiger partial charge in [0.1, 0.15) is 11.0 Å². The molecule has 10 heteroatoms. The molecule has 8 nitrogen and oxygen atoms in total. The third-order valence-corrected chi connectivity index (χ3v) is 7.54. The van der Waals surface area contributed by atoms with Gasteiger partial charge >= 0.3 is 0 Å². The third-order valence-electron chi connectivity index (χ3n) is 5.95. The molecule has 2 heterocycles. The summed E-state index contributed by atoms with van der Waals surface area (Å²) in [6.45, 7) is 6.12. The van der Waals surface area contributed by atoms with E-state index >= 15 is 0 Å². The van der Waals surface area contributed by atoms with Gasteiger partial charge in [-0.1, -0.05) is 35.5 Å². The van der Waals surface area contributed by atoms with Crippen molar-refractivity contribution in [2.75, 3.05) is 51.8 Å². The predicted octanol–water partition coefficient (Wildman–Crippen LogP) is 3.95. The SMILES string of the molecule is COc1cccc(N=C2S[C@H](CC(=O)Nc3cccc(Cl)c3C)C(=O)N2CCN2CCOCC2)c1. The highest BCUT2D eigenvalue weighted by Gasteiger charge is 2.39. The van der Waals surface area contributed by atoms with Gasteiger partial charge < -0.3 is 14.8 Å². The van der Waals surface area contributed by atoms with E-state index in [1.165, 1.54) is 11.8 Å². The normalized spacial score (nSPS) is 19.9. The maximum atomic E-state index is 13.4. The van der Waals surface area contributed by atoms with E-state index in [9.17, 15) is 9.59 Å². The number of hydrogen-bond donors (Lipinski definition) is 1. The summed E-state index contributed by atoms with van der Waals surface area (Å²) in [7, 11) is 1.60. The van der Waals surface area contributed by atoms with Crippen molar-refractivity contribution in [3.8, 4) is 5.75 Å². The second kappa shape index (κ2) is 11.9. The zero-order valence-electron chi connectivity index (χ0n) is 19.8. The van der Waals surface area contributed by atoms with Gasteiger partial charge in [0.05, 0.1) is 26.0 Å². The number of methoxy groups -OCH3 is 1. The van der Waals surface area contributed by atoms with E-state index in [4.69, 9.17) is 26.1 Å². The second-order valence-electron chi connectivity index (χ2n) is 8.31. The number of anilines is 1. The fraction of sp³-hybridized carbons (Fsp3) is 0.400. The van der Waals surface area contributed by atoms with Crippen LogP contribution in [0.4, 0.5) is 11.4 Å². The van der Waals surface area contributed by atoms with Gasteiger partial charge in [0.25, 0.3) is 0 Å². The number of aliphatic imine (C=N–C) groups is 1. The van der Waals surface area contributed by atoms with Crippen LogP contribution in [0.3, 0.4) is 0 Å². The number of carbonyl (C=O) groups excluding carboxylic acids is 2. The van der Waals surface area contributed by atoms with E-state index in [-0.39, 0.29) is 18.2 Å². The molecule has 4 rings (SSSR count). The lowest BCUT2D eigenvalue weighted by atomic mass is 10.2. The minimum Gasteiger partial charge on any atom is -0.497 e. The quantitative estimate of drug-likeness (QED) is 0.572. The third kappa shape index (κ3) is 6.55. The fourth-order valence-electron chi connectivity index (χ4n) is 3.90. The molecule has 2 amide bonds. The average molecular weight is 517 g/mol. The minimum absolute atomic E-state index is 0.0423. The molecule has 0 saturated carbocycles. The molecule has 1 atom stereocenters. The molecule has 0 spiro atoms. The number of rotatable bonds is 8. The van der Waals surface area contributed by atoms with Crippen molar-refractivity contribution in [2.24, 2.45) is 4.99 Å². The van der Waals surface area contributed by atoms with E-state index in [1.807, 2.05) is 31.2 Å². The average Bonchev–Trinajstić information content (AvgIpc) is 3.14. The molecule has 2 aliphatic heterocycles. The highest BCUT2D eigenvalue weighted by atomic mass is 35.5. The maximum absolute atomic E-state index is 13.4. The molecule has 0 bridgehead atoms. The van der Waals surface area contributed by atoms with E-state index in [1.54, 1.807) is 30.2 Å². The van der Waals surface area contributed by atoms with Crippen molar-refractivity contribution >= 4 is 51.7 Å². The van der Waals surface area contributed by atoms with Crippen molar-refractivity contribution in [1.29, 1.82) is 0 Å². The lowest BCUT2D eigenvalue weighted by molar-refractivity contribution is -0.128. The molecular weight excluding hydrogens is 488 g/mol. The maximum Gasteiger partial charge on any atom is 0.242 e. The smallest absolute Gasteiger partial charge is 0.242 e. The van der Waals surface area contributed by atoms with Gasteiger partial charge in [-0.15, -0.1) is 0 Å². The minimum atomic E-state index is -0.552. The Balaban J connectivity index is 1.49. The van der Waals surface area contributed by atoms with Crippen molar-refractivity contribution in [3.63, 3.8) is 0 Å². The van der Waals surface area contributed by atoms with Gasteiger partial charge in [-0.25, -0.2) is 4.99 Å². The molecule has 35 heavy (non-hydrogen) atoms. The fourth-order valence-corrected chi connectivity index (χ4v) is 5.26. The van der Waals surface area contributed by atoms with Gasteiger partial charge in [-0.3, -0.25) is 19.4 Å². The Hall–Kier alpha value is -2.59. The summed E-state index contributed by atoms with van der Waals surface area (Å²) in [5, 5.41) is 3.51. The number of nitrogens with zero attached hydrogens (tertiary/aromatic N) is 3. The number of halogens is 1. The number of morpholine rings is 1. The summed E-state index contributed by atoms with van der Waals surface area (Å²) in [4.78, 5) is 34.9. The van der Waals surface area contributed by atoms with Crippen LogP contribution >= 0.6 is 23.4 Å². The first-order valence-corrected chi connectivity index (χ1v) is 12.8. The Bertz CT molecular complexity index is 1110. The Morgan fingerprint density at radius 3 is 2.77 bits per heavy atom. The van der Waals surface area contributed by atoms with Gasteiger partial charge in [0, 0.05) is 49.4 Å². The highest BCUT2D eigenvalue weighted by molar-refractivity contribution is 8.15. The summed E-state index contributed by atoms with van der Waals surface area (Å²) >= 11 is 7.50. The molecule has 2 aliphatic rings. The van der Waals surface area contributed by atoms with Crippen LogP contribution in [0.1, 0.15) is 12.0 Å². The highest BCUT2D eigenvalue weighted by Crippen LogP contribution is 2.33. The van der Waals surface area contributed by atoms with Crippen LogP contribution in [-0.2, 0) is 14.3 Å². The molecule has 2 fully saturated rings. The molecule has 0 aliphatic carbocycles. The van der Waals surface area contributed by atoms with Crippen LogP contribution in [0.15, 0.2) is 47.5 Å². The molecule has 0 aromatic heterocycles. The largest absolute Gasteiger partial charge is 0.497 e. The summed E-state index contributed by atoms with van der Waals surface area (Å²) in [5.41, 5.74) is 2.13. The predicted molar refractivity (Wildman–Crippen MR) is 140 cm³/mol. The summed E-state index contributed by atoms with van der Waals surface area (Å²) < 4.78 is 10.7. The van der Waals surface area contributed by atoms with E-state index in [0.717, 1.165) is 18.7 Å². The zero-order chi connectivity index (χ0) is 24.8. The number of hydrogen-bond acceptors (Lipinski definition) is 7. The summed E-state index contributed by atoms with van der Waals surface area (Å²) in [6, 6.07) is 12.7. The number of benzene rings is 2. The molecule has 2 saturated heterocycles. The van der Waals surface area contributed by atoms with Crippen molar-refractivity contribution in [2.45, 2.75) is 18.6 Å². The van der Waals surface area contributed by atoms with E-state index in [2.05, 4.69) is 10.2 Å². The number of amidine groups is 1. The van der Waals surface area contributed by atoms with Crippen LogP contribution < -0.4 is 10.1 Å². The van der Waals surface area contributed by atoms with E-state index in [0.29, 0.717) is 53.6 Å². The number of thioether (sulfide) groups is 1. The first kappa shape index (κ1) is 25.5.